The zero-order valence-corrected chi connectivity index (χ0v) is 8.41. The molecule has 0 aliphatic carbocycles. The van der Waals surface area contributed by atoms with E-state index < -0.39 is 0 Å². The van der Waals surface area contributed by atoms with Gasteiger partial charge in [0.05, 0.1) is 15.6 Å². The minimum atomic E-state index is 1.04. The van der Waals surface area contributed by atoms with Crippen molar-refractivity contribution in [3.8, 4) is 10.6 Å². The van der Waals surface area contributed by atoms with Crippen LogP contribution in [0.2, 0.25) is 0 Å². The van der Waals surface area contributed by atoms with Gasteiger partial charge in [-0.3, -0.25) is 0 Å². The van der Waals surface area contributed by atoms with E-state index in [2.05, 4.69) is 34.8 Å². The number of nitrogens with zero attached hydrogens (tertiary/aromatic N) is 1. The summed E-state index contributed by atoms with van der Waals surface area (Å²) >= 11 is 3.49. The maximum Gasteiger partial charge on any atom is 0.0930 e. The van der Waals surface area contributed by atoms with Crippen molar-refractivity contribution in [1.29, 1.82) is 0 Å². The molecule has 12 heavy (non-hydrogen) atoms. The summed E-state index contributed by atoms with van der Waals surface area (Å²) in [4.78, 5) is 5.77. The van der Waals surface area contributed by atoms with Gasteiger partial charge in [0.1, 0.15) is 0 Å². The second kappa shape index (κ2) is 3.37. The fourth-order valence-electron chi connectivity index (χ4n) is 1.01. The first kappa shape index (κ1) is 7.95. The molecule has 0 fully saturated rings. The lowest BCUT2D eigenvalue weighted by atomic mass is 10.4. The van der Waals surface area contributed by atoms with E-state index >= 15 is 0 Å². The summed E-state index contributed by atoms with van der Waals surface area (Å²) in [5.74, 6) is 0. The van der Waals surface area contributed by atoms with Crippen LogP contribution in [0, 0.1) is 0 Å². The molecule has 0 unspecified atom stereocenters. The van der Waals surface area contributed by atoms with E-state index in [-0.39, 0.29) is 0 Å². The highest BCUT2D eigenvalue weighted by Crippen LogP contribution is 2.25. The number of thiazole rings is 1. The molecule has 62 valence electrons. The lowest BCUT2D eigenvalue weighted by Gasteiger charge is -1.86. The van der Waals surface area contributed by atoms with E-state index in [1.807, 2.05) is 0 Å². The number of aromatic nitrogens is 1. The van der Waals surface area contributed by atoms with E-state index in [4.69, 9.17) is 0 Å². The van der Waals surface area contributed by atoms with Crippen LogP contribution in [-0.2, 0) is 6.42 Å². The lowest BCUT2D eigenvalue weighted by molar-refractivity contribution is 1.10. The third-order valence-corrected chi connectivity index (χ3v) is 3.51. The molecule has 0 aliphatic heterocycles. The van der Waals surface area contributed by atoms with Crippen molar-refractivity contribution in [2.45, 2.75) is 13.3 Å². The van der Waals surface area contributed by atoms with Gasteiger partial charge in [-0.2, -0.15) is 0 Å². The first-order valence-corrected chi connectivity index (χ1v) is 5.64. The molecule has 3 heteroatoms. The van der Waals surface area contributed by atoms with Crippen LogP contribution in [0.25, 0.3) is 10.6 Å². The van der Waals surface area contributed by atoms with Crippen LogP contribution in [0.15, 0.2) is 22.9 Å². The highest BCUT2D eigenvalue weighted by atomic mass is 32.1. The standard InChI is InChI=1S/C9H9NS2/c1-2-9-10-7(6-12-9)8-4-3-5-11-8/h3-6H,2H2,1H3. The van der Waals surface area contributed by atoms with Gasteiger partial charge in [0.15, 0.2) is 0 Å². The molecule has 2 aromatic rings. The average molecular weight is 195 g/mol. The molecule has 0 amide bonds. The summed E-state index contributed by atoms with van der Waals surface area (Å²) in [6, 6.07) is 4.17. The van der Waals surface area contributed by atoms with Gasteiger partial charge in [-0.25, -0.2) is 4.98 Å². The van der Waals surface area contributed by atoms with Crippen molar-refractivity contribution in [2.75, 3.05) is 0 Å². The van der Waals surface area contributed by atoms with Gasteiger partial charge in [-0.1, -0.05) is 13.0 Å². The third kappa shape index (κ3) is 1.42. The molecule has 2 rings (SSSR count). The first-order valence-electron chi connectivity index (χ1n) is 3.88. The SMILES string of the molecule is CCc1nc(-c2cccs2)cs1. The van der Waals surface area contributed by atoms with Crippen molar-refractivity contribution in [1.82, 2.24) is 4.98 Å². The normalized spacial score (nSPS) is 10.4. The number of rotatable bonds is 2. The van der Waals surface area contributed by atoms with Gasteiger partial charge in [-0.15, -0.1) is 22.7 Å². The van der Waals surface area contributed by atoms with Gasteiger partial charge in [0.25, 0.3) is 0 Å². The van der Waals surface area contributed by atoms with E-state index in [9.17, 15) is 0 Å². The van der Waals surface area contributed by atoms with Crippen molar-refractivity contribution in [3.63, 3.8) is 0 Å². The number of hydrogen-bond acceptors (Lipinski definition) is 3. The van der Waals surface area contributed by atoms with Crippen molar-refractivity contribution < 1.29 is 0 Å². The minimum Gasteiger partial charge on any atom is -0.240 e. The fraction of sp³-hybridized carbons (Fsp3) is 0.222. The Morgan fingerprint density at radius 3 is 2.92 bits per heavy atom. The Kier molecular flexibility index (Phi) is 2.23. The molecule has 0 spiro atoms. The predicted molar refractivity (Wildman–Crippen MR) is 54.8 cm³/mol. The van der Waals surface area contributed by atoms with Crippen molar-refractivity contribution >= 4 is 22.7 Å². The zero-order chi connectivity index (χ0) is 8.39. The minimum absolute atomic E-state index is 1.04. The highest BCUT2D eigenvalue weighted by molar-refractivity contribution is 7.14. The Labute approximate surface area is 79.7 Å². The second-order valence-corrected chi connectivity index (χ2v) is 4.35. The van der Waals surface area contributed by atoms with Crippen LogP contribution in [-0.4, -0.2) is 4.98 Å². The molecule has 2 aromatic heterocycles. The van der Waals surface area contributed by atoms with E-state index in [1.165, 1.54) is 9.88 Å². The average Bonchev–Trinajstić information content (AvgIpc) is 2.75. The molecule has 0 saturated heterocycles. The van der Waals surface area contributed by atoms with Crippen LogP contribution in [0.4, 0.5) is 0 Å². The Bertz CT molecular complexity index is 348. The van der Waals surface area contributed by atoms with Crippen molar-refractivity contribution in [3.05, 3.63) is 27.9 Å². The Hall–Kier alpha value is -0.670. The molecular weight excluding hydrogens is 186 g/mol. The molecule has 1 nitrogen and oxygen atoms in total. The molecule has 0 N–H and O–H groups in total. The van der Waals surface area contributed by atoms with Gasteiger partial charge >= 0.3 is 0 Å². The maximum atomic E-state index is 4.50. The van der Waals surface area contributed by atoms with E-state index in [1.54, 1.807) is 22.7 Å². The topological polar surface area (TPSA) is 12.9 Å². The van der Waals surface area contributed by atoms with Gasteiger partial charge in [0, 0.05) is 5.38 Å². The number of hydrogen-bond donors (Lipinski definition) is 0. The van der Waals surface area contributed by atoms with Crippen LogP contribution in [0.3, 0.4) is 0 Å². The summed E-state index contributed by atoms with van der Waals surface area (Å²) in [5, 5.41) is 5.43. The van der Waals surface area contributed by atoms with Crippen LogP contribution in [0.5, 0.6) is 0 Å². The van der Waals surface area contributed by atoms with Gasteiger partial charge < -0.3 is 0 Å². The second-order valence-electron chi connectivity index (χ2n) is 2.46. The van der Waals surface area contributed by atoms with Crippen LogP contribution in [0.1, 0.15) is 11.9 Å². The molecule has 0 bridgehead atoms. The Morgan fingerprint density at radius 1 is 1.42 bits per heavy atom. The van der Waals surface area contributed by atoms with E-state index in [0.29, 0.717) is 0 Å². The maximum absolute atomic E-state index is 4.50. The predicted octanol–water partition coefficient (Wildman–Crippen LogP) is 3.43. The molecular formula is C9H9NS2. The Morgan fingerprint density at radius 2 is 2.33 bits per heavy atom. The zero-order valence-electron chi connectivity index (χ0n) is 6.78. The Balaban J connectivity index is 2.35. The monoisotopic (exact) mass is 195 g/mol. The molecule has 0 saturated carbocycles. The number of aryl methyl sites for hydroxylation is 1. The molecule has 0 radical (unpaired) electrons. The summed E-state index contributed by atoms with van der Waals surface area (Å²) in [5.41, 5.74) is 1.13. The largest absolute Gasteiger partial charge is 0.240 e. The summed E-state index contributed by atoms with van der Waals surface area (Å²) < 4.78 is 0. The summed E-state index contributed by atoms with van der Waals surface area (Å²) in [7, 11) is 0. The highest BCUT2D eigenvalue weighted by Gasteiger charge is 2.02. The third-order valence-electron chi connectivity index (χ3n) is 1.63. The molecule has 0 aliphatic rings. The summed E-state index contributed by atoms with van der Waals surface area (Å²) in [6.07, 6.45) is 1.04. The van der Waals surface area contributed by atoms with Crippen LogP contribution < -0.4 is 0 Å². The van der Waals surface area contributed by atoms with Gasteiger partial charge in [-0.05, 0) is 17.9 Å². The van der Waals surface area contributed by atoms with Crippen LogP contribution >= 0.6 is 22.7 Å². The van der Waals surface area contributed by atoms with Gasteiger partial charge in [0.2, 0.25) is 0 Å². The number of thiophene rings is 1. The summed E-state index contributed by atoms with van der Waals surface area (Å²) in [6.45, 7) is 2.14. The van der Waals surface area contributed by atoms with E-state index in [0.717, 1.165) is 12.1 Å². The molecule has 0 atom stereocenters. The smallest absolute Gasteiger partial charge is 0.0930 e. The quantitative estimate of drug-likeness (QED) is 0.715. The fourth-order valence-corrected chi connectivity index (χ4v) is 2.52. The molecule has 0 aromatic carbocycles. The first-order chi connectivity index (χ1) is 5.90. The molecule has 2 heterocycles. The lowest BCUT2D eigenvalue weighted by Crippen LogP contribution is -1.76. The van der Waals surface area contributed by atoms with Crippen molar-refractivity contribution in [2.24, 2.45) is 0 Å².